The fourth-order valence-electron chi connectivity index (χ4n) is 2.55. The summed E-state index contributed by atoms with van der Waals surface area (Å²) in [6.07, 6.45) is 0. The van der Waals surface area contributed by atoms with Gasteiger partial charge in [0.05, 0.1) is 16.8 Å². The molecule has 0 bridgehead atoms. The number of H-pyrrole nitrogens is 2. The molecule has 0 amide bonds. The first-order chi connectivity index (χ1) is 10.2. The number of carboxylic acids is 1. The molecule has 4 aromatic rings. The van der Waals surface area contributed by atoms with Crippen LogP contribution in [-0.2, 0) is 0 Å². The van der Waals surface area contributed by atoms with Crippen LogP contribution in [0.3, 0.4) is 0 Å². The van der Waals surface area contributed by atoms with Crippen LogP contribution in [0.25, 0.3) is 33.2 Å². The van der Waals surface area contributed by atoms with Crippen LogP contribution < -0.4 is 0 Å². The van der Waals surface area contributed by atoms with Crippen LogP contribution in [0.1, 0.15) is 10.4 Å². The van der Waals surface area contributed by atoms with Gasteiger partial charge in [-0.25, -0.2) is 4.79 Å². The van der Waals surface area contributed by atoms with Gasteiger partial charge in [-0.2, -0.15) is 5.10 Å². The molecule has 2 aromatic carbocycles. The van der Waals surface area contributed by atoms with Crippen molar-refractivity contribution < 1.29 is 9.90 Å². The van der Waals surface area contributed by atoms with Gasteiger partial charge in [0, 0.05) is 16.3 Å². The summed E-state index contributed by atoms with van der Waals surface area (Å²) in [6, 6.07) is 14.9. The molecule has 21 heavy (non-hydrogen) atoms. The number of benzene rings is 2. The van der Waals surface area contributed by atoms with Crippen LogP contribution in [0.15, 0.2) is 48.5 Å². The van der Waals surface area contributed by atoms with E-state index in [1.807, 2.05) is 30.3 Å². The molecule has 0 unspecified atom stereocenters. The van der Waals surface area contributed by atoms with Crippen LogP contribution in [-0.4, -0.2) is 26.3 Å². The van der Waals surface area contributed by atoms with Gasteiger partial charge in [0.15, 0.2) is 0 Å². The van der Waals surface area contributed by atoms with Gasteiger partial charge < -0.3 is 10.1 Å². The van der Waals surface area contributed by atoms with E-state index in [-0.39, 0.29) is 5.56 Å². The molecule has 4 rings (SSSR count). The van der Waals surface area contributed by atoms with Crippen molar-refractivity contribution in [3.8, 4) is 11.4 Å². The van der Waals surface area contributed by atoms with Gasteiger partial charge in [0.2, 0.25) is 0 Å². The zero-order valence-corrected chi connectivity index (χ0v) is 10.9. The Hall–Kier alpha value is -3.08. The zero-order chi connectivity index (χ0) is 14.4. The molecule has 0 saturated heterocycles. The minimum absolute atomic E-state index is 0.251. The Labute approximate surface area is 119 Å². The number of aromatic amines is 2. The molecule has 0 aliphatic carbocycles. The molecular weight excluding hydrogens is 266 g/mol. The Balaban J connectivity index is 1.96. The quantitative estimate of drug-likeness (QED) is 0.525. The van der Waals surface area contributed by atoms with Crippen molar-refractivity contribution in [1.82, 2.24) is 15.2 Å². The monoisotopic (exact) mass is 277 g/mol. The summed E-state index contributed by atoms with van der Waals surface area (Å²) in [7, 11) is 0. The van der Waals surface area contributed by atoms with Crippen molar-refractivity contribution in [1.29, 1.82) is 0 Å². The number of aromatic carboxylic acids is 1. The predicted octanol–water partition coefficient (Wildman–Crippen LogP) is 3.41. The van der Waals surface area contributed by atoms with Crippen molar-refractivity contribution >= 4 is 27.8 Å². The molecule has 2 aromatic heterocycles. The van der Waals surface area contributed by atoms with Gasteiger partial charge in [-0.1, -0.05) is 18.2 Å². The highest BCUT2D eigenvalue weighted by Crippen LogP contribution is 2.29. The lowest BCUT2D eigenvalue weighted by atomic mass is 10.1. The average molecular weight is 277 g/mol. The zero-order valence-electron chi connectivity index (χ0n) is 10.9. The predicted molar refractivity (Wildman–Crippen MR) is 80.3 cm³/mol. The molecule has 0 saturated carbocycles. The summed E-state index contributed by atoms with van der Waals surface area (Å²) in [5, 5.41) is 18.3. The summed E-state index contributed by atoms with van der Waals surface area (Å²) >= 11 is 0. The van der Waals surface area contributed by atoms with Crippen molar-refractivity contribution in [2.75, 3.05) is 0 Å². The Morgan fingerprint density at radius 3 is 2.71 bits per heavy atom. The minimum atomic E-state index is -0.944. The van der Waals surface area contributed by atoms with Gasteiger partial charge in [-0.15, -0.1) is 0 Å². The number of rotatable bonds is 2. The number of carbonyl (C=O) groups is 1. The lowest BCUT2D eigenvalue weighted by Crippen LogP contribution is -1.94. The summed E-state index contributed by atoms with van der Waals surface area (Å²) in [4.78, 5) is 14.4. The van der Waals surface area contributed by atoms with Gasteiger partial charge >= 0.3 is 5.97 Å². The van der Waals surface area contributed by atoms with E-state index < -0.39 is 5.97 Å². The second-order valence-corrected chi connectivity index (χ2v) is 4.91. The second kappa shape index (κ2) is 4.21. The maximum absolute atomic E-state index is 11.1. The van der Waals surface area contributed by atoms with Gasteiger partial charge in [-0.05, 0) is 30.3 Å². The van der Waals surface area contributed by atoms with E-state index in [0.29, 0.717) is 0 Å². The molecule has 0 aliphatic rings. The summed E-state index contributed by atoms with van der Waals surface area (Å²) in [6.45, 7) is 0. The third-order valence-corrected chi connectivity index (χ3v) is 3.59. The van der Waals surface area contributed by atoms with Crippen molar-refractivity contribution in [2.24, 2.45) is 0 Å². The average Bonchev–Trinajstić information content (AvgIpc) is 3.09. The number of para-hydroxylation sites is 1. The molecule has 0 radical (unpaired) electrons. The normalized spacial score (nSPS) is 11.2. The summed E-state index contributed by atoms with van der Waals surface area (Å²) in [5.74, 6) is -0.944. The molecule has 2 heterocycles. The van der Waals surface area contributed by atoms with Gasteiger partial charge in [0.25, 0.3) is 0 Å². The number of carboxylic acid groups (broad SMARTS) is 1. The Bertz CT molecular complexity index is 948. The van der Waals surface area contributed by atoms with Crippen LogP contribution >= 0.6 is 0 Å². The minimum Gasteiger partial charge on any atom is -0.478 e. The standard InChI is InChI=1S/C16H11N3O2/c20-16(21)10-5-6-13-11(7-10)15(19-18-13)14-8-9-3-1-2-4-12(9)17-14/h1-8,17H,(H,18,19)(H,20,21). The fraction of sp³-hybridized carbons (Fsp3) is 0. The van der Waals surface area contributed by atoms with Crippen LogP contribution in [0.2, 0.25) is 0 Å². The molecule has 5 heteroatoms. The topological polar surface area (TPSA) is 81.8 Å². The molecule has 0 fully saturated rings. The number of hydrogen-bond acceptors (Lipinski definition) is 2. The largest absolute Gasteiger partial charge is 0.478 e. The first-order valence-electron chi connectivity index (χ1n) is 6.52. The Morgan fingerprint density at radius 1 is 1.05 bits per heavy atom. The van der Waals surface area contributed by atoms with E-state index in [1.165, 1.54) is 0 Å². The third-order valence-electron chi connectivity index (χ3n) is 3.59. The maximum atomic E-state index is 11.1. The lowest BCUT2D eigenvalue weighted by molar-refractivity contribution is 0.0697. The van der Waals surface area contributed by atoms with E-state index in [4.69, 9.17) is 5.11 Å². The van der Waals surface area contributed by atoms with E-state index in [2.05, 4.69) is 15.2 Å². The van der Waals surface area contributed by atoms with E-state index >= 15 is 0 Å². The Kier molecular flexibility index (Phi) is 2.35. The van der Waals surface area contributed by atoms with E-state index in [1.54, 1.807) is 18.2 Å². The van der Waals surface area contributed by atoms with Crippen molar-refractivity contribution in [3.63, 3.8) is 0 Å². The second-order valence-electron chi connectivity index (χ2n) is 4.91. The molecule has 0 spiro atoms. The summed E-state index contributed by atoms with van der Waals surface area (Å²) in [5.41, 5.74) is 3.68. The van der Waals surface area contributed by atoms with E-state index in [0.717, 1.165) is 33.2 Å². The molecule has 5 nitrogen and oxygen atoms in total. The highest BCUT2D eigenvalue weighted by Gasteiger charge is 2.13. The smallest absolute Gasteiger partial charge is 0.335 e. The molecule has 102 valence electrons. The maximum Gasteiger partial charge on any atom is 0.335 e. The van der Waals surface area contributed by atoms with Gasteiger partial charge in [0.1, 0.15) is 5.69 Å². The van der Waals surface area contributed by atoms with Crippen molar-refractivity contribution in [2.45, 2.75) is 0 Å². The summed E-state index contributed by atoms with van der Waals surface area (Å²) < 4.78 is 0. The highest BCUT2D eigenvalue weighted by molar-refractivity contribution is 5.99. The molecule has 3 N–H and O–H groups in total. The number of aromatic nitrogens is 3. The molecule has 0 atom stereocenters. The molecule has 0 aliphatic heterocycles. The van der Waals surface area contributed by atoms with Crippen LogP contribution in [0.4, 0.5) is 0 Å². The van der Waals surface area contributed by atoms with Gasteiger partial charge in [-0.3, -0.25) is 5.10 Å². The first kappa shape index (κ1) is 11.7. The van der Waals surface area contributed by atoms with Crippen molar-refractivity contribution in [3.05, 3.63) is 54.1 Å². The number of fused-ring (bicyclic) bond motifs is 2. The third kappa shape index (κ3) is 1.79. The number of nitrogens with zero attached hydrogens (tertiary/aromatic N) is 1. The van der Waals surface area contributed by atoms with E-state index in [9.17, 15) is 4.79 Å². The SMILES string of the molecule is O=C(O)c1ccc2[nH]nc(-c3cc4ccccc4[nH]3)c2c1. The fourth-order valence-corrected chi connectivity index (χ4v) is 2.55. The van der Waals surface area contributed by atoms with Crippen LogP contribution in [0, 0.1) is 0 Å². The lowest BCUT2D eigenvalue weighted by Gasteiger charge is -1.96. The Morgan fingerprint density at radius 2 is 1.90 bits per heavy atom. The molecular formula is C16H11N3O2. The highest BCUT2D eigenvalue weighted by atomic mass is 16.4. The number of hydrogen-bond donors (Lipinski definition) is 3. The first-order valence-corrected chi connectivity index (χ1v) is 6.52. The van der Waals surface area contributed by atoms with Crippen LogP contribution in [0.5, 0.6) is 0 Å². The number of nitrogens with one attached hydrogen (secondary N) is 2.